The van der Waals surface area contributed by atoms with Crippen molar-refractivity contribution in [3.05, 3.63) is 12.1 Å². The molecule has 1 aliphatic heterocycles. The number of amides is 1. The molecule has 1 amide bonds. The third-order valence-corrected chi connectivity index (χ3v) is 4.38. The van der Waals surface area contributed by atoms with Crippen molar-refractivity contribution in [1.29, 1.82) is 0 Å². The summed E-state index contributed by atoms with van der Waals surface area (Å²) in [6.45, 7) is 3.37. The molecule has 2 unspecified atom stereocenters. The quantitative estimate of drug-likeness (QED) is 0.821. The summed E-state index contributed by atoms with van der Waals surface area (Å²) >= 11 is 0. The molecule has 0 saturated heterocycles. The van der Waals surface area contributed by atoms with Crippen LogP contribution in [0.25, 0.3) is 0 Å². The van der Waals surface area contributed by atoms with Gasteiger partial charge in [0.1, 0.15) is 0 Å². The molecule has 114 valence electrons. The van der Waals surface area contributed by atoms with E-state index >= 15 is 0 Å². The molecule has 1 aliphatic carbocycles. The number of carbonyl (C=O) groups is 1. The van der Waals surface area contributed by atoms with Crippen molar-refractivity contribution in [2.75, 3.05) is 24.3 Å². The van der Waals surface area contributed by atoms with Crippen LogP contribution in [0.4, 0.5) is 11.4 Å². The number of ether oxygens (including phenoxy) is 2. The van der Waals surface area contributed by atoms with Crippen LogP contribution in [0.15, 0.2) is 12.1 Å². The van der Waals surface area contributed by atoms with Gasteiger partial charge in [0.05, 0.1) is 24.6 Å². The van der Waals surface area contributed by atoms with E-state index in [1.54, 1.807) is 12.1 Å². The minimum Gasteiger partial charge on any atom is -0.489 e. The van der Waals surface area contributed by atoms with Crippen LogP contribution in [0.5, 0.6) is 11.5 Å². The Labute approximate surface area is 124 Å². The smallest absolute Gasteiger partial charge is 0.227 e. The van der Waals surface area contributed by atoms with E-state index in [1.807, 2.05) is 0 Å². The highest BCUT2D eigenvalue weighted by Crippen LogP contribution is 2.38. The summed E-state index contributed by atoms with van der Waals surface area (Å²) in [5, 5.41) is 2.95. The average molecular weight is 290 g/mol. The summed E-state index contributed by atoms with van der Waals surface area (Å²) in [5.74, 6) is 1.88. The van der Waals surface area contributed by atoms with Crippen LogP contribution in [0.3, 0.4) is 0 Å². The molecule has 1 saturated carbocycles. The maximum Gasteiger partial charge on any atom is 0.227 e. The van der Waals surface area contributed by atoms with E-state index in [0.29, 0.717) is 42.0 Å². The molecule has 1 aromatic rings. The van der Waals surface area contributed by atoms with Gasteiger partial charge in [-0.1, -0.05) is 13.3 Å². The SMILES string of the molecule is CC1CCCC1C(=O)Nc1cc2c(cc1N)OCCCO2. The summed E-state index contributed by atoms with van der Waals surface area (Å²) in [7, 11) is 0. The van der Waals surface area contributed by atoms with Gasteiger partial charge in [-0.05, 0) is 18.8 Å². The maximum absolute atomic E-state index is 12.4. The molecular weight excluding hydrogens is 268 g/mol. The molecule has 3 N–H and O–H groups in total. The van der Waals surface area contributed by atoms with Gasteiger partial charge >= 0.3 is 0 Å². The standard InChI is InChI=1S/C16H22N2O3/c1-10-4-2-5-11(10)16(19)18-13-9-15-14(8-12(13)17)20-6-3-7-21-15/h8-11H,2-7,17H2,1H3,(H,18,19). The summed E-state index contributed by atoms with van der Waals surface area (Å²) in [5.41, 5.74) is 7.15. The number of fused-ring (bicyclic) bond motifs is 1. The van der Waals surface area contributed by atoms with Crippen LogP contribution >= 0.6 is 0 Å². The molecule has 0 radical (unpaired) electrons. The van der Waals surface area contributed by atoms with Crippen LogP contribution in [-0.2, 0) is 4.79 Å². The second kappa shape index (κ2) is 5.84. The van der Waals surface area contributed by atoms with E-state index < -0.39 is 0 Å². The minimum atomic E-state index is 0.0567. The van der Waals surface area contributed by atoms with Crippen LogP contribution in [0.2, 0.25) is 0 Å². The van der Waals surface area contributed by atoms with E-state index in [0.717, 1.165) is 25.7 Å². The van der Waals surface area contributed by atoms with E-state index in [-0.39, 0.29) is 11.8 Å². The van der Waals surface area contributed by atoms with Gasteiger partial charge in [-0.2, -0.15) is 0 Å². The van der Waals surface area contributed by atoms with Crippen LogP contribution < -0.4 is 20.5 Å². The fraction of sp³-hybridized carbons (Fsp3) is 0.562. The number of hydrogen-bond acceptors (Lipinski definition) is 4. The second-order valence-corrected chi connectivity index (χ2v) is 5.94. The first kappa shape index (κ1) is 14.0. The van der Waals surface area contributed by atoms with Gasteiger partial charge in [0.25, 0.3) is 0 Å². The lowest BCUT2D eigenvalue weighted by Gasteiger charge is -2.17. The lowest BCUT2D eigenvalue weighted by molar-refractivity contribution is -0.120. The van der Waals surface area contributed by atoms with Crippen molar-refractivity contribution in [1.82, 2.24) is 0 Å². The van der Waals surface area contributed by atoms with Gasteiger partial charge < -0.3 is 20.5 Å². The van der Waals surface area contributed by atoms with Crippen LogP contribution in [0, 0.1) is 11.8 Å². The summed E-state index contributed by atoms with van der Waals surface area (Å²) in [6.07, 6.45) is 4.04. The molecule has 0 bridgehead atoms. The Morgan fingerprint density at radius 2 is 1.90 bits per heavy atom. The molecule has 0 spiro atoms. The molecule has 5 heteroatoms. The van der Waals surface area contributed by atoms with Crippen LogP contribution in [0.1, 0.15) is 32.6 Å². The van der Waals surface area contributed by atoms with E-state index in [9.17, 15) is 4.79 Å². The van der Waals surface area contributed by atoms with Crippen molar-refractivity contribution in [2.45, 2.75) is 32.6 Å². The summed E-state index contributed by atoms with van der Waals surface area (Å²) in [4.78, 5) is 12.4. The summed E-state index contributed by atoms with van der Waals surface area (Å²) < 4.78 is 11.2. The predicted octanol–water partition coefficient (Wildman–Crippen LogP) is 2.80. The lowest BCUT2D eigenvalue weighted by Crippen LogP contribution is -2.25. The highest BCUT2D eigenvalue weighted by atomic mass is 16.5. The lowest BCUT2D eigenvalue weighted by atomic mass is 9.97. The number of nitrogen functional groups attached to an aromatic ring is 1. The fourth-order valence-corrected chi connectivity index (χ4v) is 3.09. The van der Waals surface area contributed by atoms with Gasteiger partial charge in [0, 0.05) is 24.5 Å². The number of hydrogen-bond donors (Lipinski definition) is 2. The highest BCUT2D eigenvalue weighted by Gasteiger charge is 2.30. The van der Waals surface area contributed by atoms with Crippen LogP contribution in [-0.4, -0.2) is 19.1 Å². The van der Waals surface area contributed by atoms with Gasteiger partial charge in [0.2, 0.25) is 5.91 Å². The molecule has 1 fully saturated rings. The molecule has 1 aromatic carbocycles. The normalized spacial score (nSPS) is 24.4. The third-order valence-electron chi connectivity index (χ3n) is 4.38. The first-order chi connectivity index (χ1) is 10.1. The maximum atomic E-state index is 12.4. The second-order valence-electron chi connectivity index (χ2n) is 5.94. The number of benzene rings is 1. The van der Waals surface area contributed by atoms with E-state index in [1.165, 1.54) is 0 Å². The Morgan fingerprint density at radius 3 is 2.57 bits per heavy atom. The van der Waals surface area contributed by atoms with Gasteiger partial charge in [0.15, 0.2) is 11.5 Å². The molecule has 2 aliphatic rings. The molecule has 5 nitrogen and oxygen atoms in total. The minimum absolute atomic E-state index is 0.0567. The zero-order chi connectivity index (χ0) is 14.8. The summed E-state index contributed by atoms with van der Waals surface area (Å²) in [6, 6.07) is 3.50. The Bertz CT molecular complexity index is 545. The average Bonchev–Trinajstić information content (AvgIpc) is 2.75. The highest BCUT2D eigenvalue weighted by molar-refractivity contribution is 5.96. The Hall–Kier alpha value is -1.91. The first-order valence-electron chi connectivity index (χ1n) is 7.65. The van der Waals surface area contributed by atoms with E-state index in [4.69, 9.17) is 15.2 Å². The van der Waals surface area contributed by atoms with Gasteiger partial charge in [-0.25, -0.2) is 0 Å². The molecule has 21 heavy (non-hydrogen) atoms. The Balaban J connectivity index is 1.79. The van der Waals surface area contributed by atoms with Crippen molar-refractivity contribution >= 4 is 17.3 Å². The first-order valence-corrected chi connectivity index (χ1v) is 7.65. The number of nitrogens with one attached hydrogen (secondary N) is 1. The van der Waals surface area contributed by atoms with Gasteiger partial charge in [-0.15, -0.1) is 0 Å². The molecular formula is C16H22N2O3. The van der Waals surface area contributed by atoms with Gasteiger partial charge in [-0.3, -0.25) is 4.79 Å². The monoisotopic (exact) mass is 290 g/mol. The van der Waals surface area contributed by atoms with Crippen molar-refractivity contribution in [3.63, 3.8) is 0 Å². The topological polar surface area (TPSA) is 73.6 Å². The van der Waals surface area contributed by atoms with Crippen molar-refractivity contribution in [3.8, 4) is 11.5 Å². The number of nitrogens with two attached hydrogens (primary N) is 1. The Morgan fingerprint density at radius 1 is 1.19 bits per heavy atom. The molecule has 1 heterocycles. The number of rotatable bonds is 2. The third kappa shape index (κ3) is 2.91. The number of anilines is 2. The van der Waals surface area contributed by atoms with E-state index in [2.05, 4.69) is 12.2 Å². The Kier molecular flexibility index (Phi) is 3.90. The zero-order valence-electron chi connectivity index (χ0n) is 12.4. The fourth-order valence-electron chi connectivity index (χ4n) is 3.09. The predicted molar refractivity (Wildman–Crippen MR) is 81.6 cm³/mol. The zero-order valence-corrected chi connectivity index (χ0v) is 12.4. The largest absolute Gasteiger partial charge is 0.489 e. The number of carbonyl (C=O) groups excluding carboxylic acids is 1. The van der Waals surface area contributed by atoms with Crippen molar-refractivity contribution in [2.24, 2.45) is 11.8 Å². The molecule has 3 rings (SSSR count). The van der Waals surface area contributed by atoms with Crippen molar-refractivity contribution < 1.29 is 14.3 Å². The molecule has 2 atom stereocenters. The molecule has 0 aromatic heterocycles.